The van der Waals surface area contributed by atoms with Gasteiger partial charge in [0.1, 0.15) is 5.84 Å². The summed E-state index contributed by atoms with van der Waals surface area (Å²) in [5.74, 6) is 0.108. The highest BCUT2D eigenvalue weighted by Gasteiger charge is 2.02. The number of nitrogens with one attached hydrogen (secondary N) is 3. The summed E-state index contributed by atoms with van der Waals surface area (Å²) in [5, 5.41) is 10.4. The van der Waals surface area contributed by atoms with Crippen LogP contribution in [0, 0.1) is 10.9 Å². The molecule has 0 radical (unpaired) electrons. The van der Waals surface area contributed by atoms with Crippen LogP contribution < -0.4 is 11.2 Å². The highest BCUT2D eigenvalue weighted by Crippen LogP contribution is 2.10. The molecule has 0 saturated carbocycles. The van der Waals surface area contributed by atoms with Crippen LogP contribution >= 0.6 is 0 Å². The van der Waals surface area contributed by atoms with Crippen molar-refractivity contribution in [1.29, 1.82) is 10.9 Å². The fourth-order valence-corrected chi connectivity index (χ4v) is 1.07. The standard InChI is InChI=1S/C9H13N5/c1-6(10)7-2-4-8(5-3-7)9(11)13-14-12/h2-6H,10H2,1H3,(H3,11,12,13). The maximum Gasteiger partial charge on any atom is 0.147 e. The van der Waals surface area contributed by atoms with Crippen LogP contribution in [0.5, 0.6) is 0 Å². The summed E-state index contributed by atoms with van der Waals surface area (Å²) >= 11 is 0. The number of benzene rings is 1. The van der Waals surface area contributed by atoms with Gasteiger partial charge < -0.3 is 5.73 Å². The lowest BCUT2D eigenvalue weighted by molar-refractivity contribution is 0.817. The maximum absolute atomic E-state index is 7.45. The van der Waals surface area contributed by atoms with Crippen molar-refractivity contribution in [3.05, 3.63) is 35.4 Å². The van der Waals surface area contributed by atoms with Crippen LogP contribution in [0.4, 0.5) is 0 Å². The first-order valence-electron chi connectivity index (χ1n) is 4.22. The number of nitrogens with zero attached hydrogens (tertiary/aromatic N) is 1. The van der Waals surface area contributed by atoms with Crippen LogP contribution in [0.3, 0.4) is 0 Å². The van der Waals surface area contributed by atoms with Gasteiger partial charge in [-0.25, -0.2) is 5.43 Å². The van der Waals surface area contributed by atoms with Crippen molar-refractivity contribution in [2.45, 2.75) is 13.0 Å². The van der Waals surface area contributed by atoms with E-state index in [1.165, 1.54) is 0 Å². The molecule has 5 N–H and O–H groups in total. The van der Waals surface area contributed by atoms with Gasteiger partial charge in [-0.1, -0.05) is 29.5 Å². The molecule has 0 fully saturated rings. The fourth-order valence-electron chi connectivity index (χ4n) is 1.07. The van der Waals surface area contributed by atoms with E-state index in [2.05, 4.69) is 10.6 Å². The third-order valence-electron chi connectivity index (χ3n) is 1.89. The second-order valence-corrected chi connectivity index (χ2v) is 3.01. The van der Waals surface area contributed by atoms with E-state index in [1.807, 2.05) is 19.1 Å². The molecule has 1 unspecified atom stereocenters. The molecular weight excluding hydrogens is 178 g/mol. The first kappa shape index (κ1) is 10.3. The fraction of sp³-hybridized carbons (Fsp3) is 0.222. The number of hydrogen-bond donors (Lipinski definition) is 4. The lowest BCUT2D eigenvalue weighted by Gasteiger charge is -2.06. The second kappa shape index (κ2) is 4.48. The van der Waals surface area contributed by atoms with Crippen LogP contribution in [0.15, 0.2) is 29.5 Å². The van der Waals surface area contributed by atoms with Gasteiger partial charge in [0.15, 0.2) is 0 Å². The highest BCUT2D eigenvalue weighted by molar-refractivity contribution is 5.95. The smallest absolute Gasteiger partial charge is 0.147 e. The Morgan fingerprint density at radius 1 is 1.43 bits per heavy atom. The van der Waals surface area contributed by atoms with Crippen LogP contribution in [-0.2, 0) is 0 Å². The van der Waals surface area contributed by atoms with Crippen LogP contribution in [0.2, 0.25) is 0 Å². The molecule has 5 heteroatoms. The topological polar surface area (TPSA) is 98.1 Å². The third kappa shape index (κ3) is 2.37. The molecule has 1 atom stereocenters. The monoisotopic (exact) mass is 191 g/mol. The Labute approximate surface area is 82.3 Å². The molecule has 5 nitrogen and oxygen atoms in total. The molecule has 0 aliphatic carbocycles. The van der Waals surface area contributed by atoms with E-state index in [4.69, 9.17) is 16.7 Å². The average molecular weight is 191 g/mol. The van der Waals surface area contributed by atoms with Crippen LogP contribution in [0.1, 0.15) is 24.1 Å². The predicted molar refractivity (Wildman–Crippen MR) is 54.2 cm³/mol. The number of hydrogen-bond acceptors (Lipinski definition) is 4. The zero-order chi connectivity index (χ0) is 10.6. The van der Waals surface area contributed by atoms with Gasteiger partial charge in [-0.05, 0) is 12.5 Å². The van der Waals surface area contributed by atoms with E-state index < -0.39 is 0 Å². The van der Waals surface area contributed by atoms with Crippen molar-refractivity contribution >= 4 is 5.84 Å². The summed E-state index contributed by atoms with van der Waals surface area (Å²) in [4.78, 5) is 0. The Morgan fingerprint density at radius 2 is 2.00 bits per heavy atom. The minimum atomic E-state index is -0.00736. The summed E-state index contributed by atoms with van der Waals surface area (Å²) in [6, 6.07) is 7.27. The predicted octanol–water partition coefficient (Wildman–Crippen LogP) is 1.57. The maximum atomic E-state index is 7.45. The molecular formula is C9H13N5. The SMILES string of the molecule is CC(N)c1ccc(C(=N)NN=N)cc1. The Hall–Kier alpha value is -1.75. The molecule has 74 valence electrons. The van der Waals surface area contributed by atoms with Crippen molar-refractivity contribution in [1.82, 2.24) is 5.43 Å². The lowest BCUT2D eigenvalue weighted by Crippen LogP contribution is -2.16. The average Bonchev–Trinajstić information content (AvgIpc) is 2.18. The molecule has 0 heterocycles. The van der Waals surface area contributed by atoms with Gasteiger partial charge in [-0.2, -0.15) is 5.53 Å². The van der Waals surface area contributed by atoms with Crippen molar-refractivity contribution in [2.75, 3.05) is 0 Å². The van der Waals surface area contributed by atoms with Gasteiger partial charge in [-0.3, -0.25) is 5.41 Å². The molecule has 0 saturated heterocycles. The number of rotatable bonds is 3. The summed E-state index contributed by atoms with van der Waals surface area (Å²) in [6.07, 6.45) is 0. The number of nitrogens with two attached hydrogens (primary N) is 1. The Kier molecular flexibility index (Phi) is 3.30. The first-order valence-corrected chi connectivity index (χ1v) is 4.22. The minimum absolute atomic E-state index is 0.00736. The normalized spacial score (nSPS) is 11.9. The second-order valence-electron chi connectivity index (χ2n) is 3.01. The molecule has 1 aromatic rings. The van der Waals surface area contributed by atoms with Gasteiger partial charge in [0, 0.05) is 11.6 Å². The van der Waals surface area contributed by atoms with Crippen LogP contribution in [-0.4, -0.2) is 5.84 Å². The molecule has 1 rings (SSSR count). The summed E-state index contributed by atoms with van der Waals surface area (Å²) in [7, 11) is 0. The third-order valence-corrected chi connectivity index (χ3v) is 1.89. The number of amidine groups is 1. The van der Waals surface area contributed by atoms with Crippen molar-refractivity contribution in [2.24, 2.45) is 11.0 Å². The van der Waals surface area contributed by atoms with E-state index in [-0.39, 0.29) is 11.9 Å². The van der Waals surface area contributed by atoms with E-state index in [0.29, 0.717) is 5.56 Å². The highest BCUT2D eigenvalue weighted by atomic mass is 15.4. The Morgan fingerprint density at radius 3 is 2.43 bits per heavy atom. The summed E-state index contributed by atoms with van der Waals surface area (Å²) in [5.41, 5.74) is 16.2. The molecule has 14 heavy (non-hydrogen) atoms. The molecule has 0 bridgehead atoms. The zero-order valence-corrected chi connectivity index (χ0v) is 7.91. The van der Waals surface area contributed by atoms with Gasteiger partial charge in [0.05, 0.1) is 0 Å². The Balaban J connectivity index is 2.82. The molecule has 0 amide bonds. The molecule has 0 aromatic heterocycles. The van der Waals surface area contributed by atoms with E-state index in [9.17, 15) is 0 Å². The van der Waals surface area contributed by atoms with E-state index >= 15 is 0 Å². The zero-order valence-electron chi connectivity index (χ0n) is 7.91. The quantitative estimate of drug-likeness (QED) is 0.252. The van der Waals surface area contributed by atoms with Gasteiger partial charge in [0.25, 0.3) is 0 Å². The molecule has 0 spiro atoms. The largest absolute Gasteiger partial charge is 0.324 e. The molecule has 1 aromatic carbocycles. The molecule has 0 aliphatic heterocycles. The van der Waals surface area contributed by atoms with Gasteiger partial charge in [-0.15, -0.1) is 0 Å². The van der Waals surface area contributed by atoms with Crippen molar-refractivity contribution in [3.8, 4) is 0 Å². The van der Waals surface area contributed by atoms with Gasteiger partial charge in [0.2, 0.25) is 0 Å². The Bertz CT molecular complexity index is 328. The van der Waals surface area contributed by atoms with Crippen molar-refractivity contribution < 1.29 is 0 Å². The minimum Gasteiger partial charge on any atom is -0.324 e. The van der Waals surface area contributed by atoms with E-state index in [0.717, 1.165) is 5.56 Å². The first-order chi connectivity index (χ1) is 6.65. The van der Waals surface area contributed by atoms with E-state index in [1.54, 1.807) is 12.1 Å². The summed E-state index contributed by atoms with van der Waals surface area (Å²) < 4.78 is 0. The lowest BCUT2D eigenvalue weighted by atomic mass is 10.1. The van der Waals surface area contributed by atoms with Crippen molar-refractivity contribution in [3.63, 3.8) is 0 Å². The summed E-state index contributed by atoms with van der Waals surface area (Å²) in [6.45, 7) is 1.90. The molecule has 0 aliphatic rings. The van der Waals surface area contributed by atoms with Gasteiger partial charge >= 0.3 is 0 Å². The van der Waals surface area contributed by atoms with Crippen LogP contribution in [0.25, 0.3) is 0 Å².